The first-order valence-corrected chi connectivity index (χ1v) is 8.17. The molecule has 7 nitrogen and oxygen atoms in total. The Balaban J connectivity index is 1.40. The summed E-state index contributed by atoms with van der Waals surface area (Å²) in [5.41, 5.74) is 1.03. The number of ether oxygens (including phenoxy) is 1. The van der Waals surface area contributed by atoms with E-state index in [2.05, 4.69) is 20.2 Å². The molecule has 1 aliphatic rings. The lowest BCUT2D eigenvalue weighted by molar-refractivity contribution is 0.0227. The number of carbonyl (C=O) groups is 1. The zero-order chi connectivity index (χ0) is 16.0. The Morgan fingerprint density at radius 1 is 1.43 bits per heavy atom. The molecule has 0 amide bonds. The molecule has 9 heteroatoms. The van der Waals surface area contributed by atoms with Crippen LogP contribution < -0.4 is 4.90 Å². The van der Waals surface area contributed by atoms with E-state index >= 15 is 0 Å². The maximum absolute atomic E-state index is 11.9. The van der Waals surface area contributed by atoms with Crippen molar-refractivity contribution in [2.45, 2.75) is 6.10 Å². The van der Waals surface area contributed by atoms with E-state index in [-0.39, 0.29) is 11.8 Å². The minimum Gasteiger partial charge on any atom is -0.454 e. The van der Waals surface area contributed by atoms with Crippen LogP contribution in [0.2, 0.25) is 5.02 Å². The van der Waals surface area contributed by atoms with Gasteiger partial charge in [-0.2, -0.15) is 0 Å². The van der Waals surface area contributed by atoms with Crippen LogP contribution in [0.3, 0.4) is 0 Å². The van der Waals surface area contributed by atoms with Gasteiger partial charge in [0.2, 0.25) is 0 Å². The fourth-order valence-corrected chi connectivity index (χ4v) is 3.64. The molecule has 4 rings (SSSR count). The zero-order valence-corrected chi connectivity index (χ0v) is 13.7. The Hall–Kier alpha value is -2.19. The zero-order valence-electron chi connectivity index (χ0n) is 12.1. The van der Waals surface area contributed by atoms with E-state index in [0.717, 1.165) is 15.3 Å². The number of thiazole rings is 1. The van der Waals surface area contributed by atoms with Crippen LogP contribution in [0.5, 0.6) is 0 Å². The first kappa shape index (κ1) is 14.4. The van der Waals surface area contributed by atoms with Crippen LogP contribution in [0.1, 0.15) is 10.5 Å². The van der Waals surface area contributed by atoms with Gasteiger partial charge in [0.15, 0.2) is 10.8 Å². The molecule has 23 heavy (non-hydrogen) atoms. The summed E-state index contributed by atoms with van der Waals surface area (Å²) in [6.07, 6.45) is 1.38. The Bertz CT molecular complexity index is 886. The molecule has 0 aliphatic carbocycles. The number of hydrogen-bond donors (Lipinski definition) is 0. The van der Waals surface area contributed by atoms with Crippen LogP contribution in [0.4, 0.5) is 5.13 Å². The second kappa shape index (κ2) is 5.47. The van der Waals surface area contributed by atoms with E-state index in [1.165, 1.54) is 10.9 Å². The molecule has 0 spiro atoms. The monoisotopic (exact) mass is 349 g/mol. The molecule has 1 saturated heterocycles. The predicted molar refractivity (Wildman–Crippen MR) is 87.0 cm³/mol. The topological polar surface area (TPSA) is 73.1 Å². The molecule has 1 aliphatic heterocycles. The Kier molecular flexibility index (Phi) is 3.42. The lowest BCUT2D eigenvalue weighted by Crippen LogP contribution is -2.53. The van der Waals surface area contributed by atoms with Crippen LogP contribution in [-0.2, 0) is 11.8 Å². The van der Waals surface area contributed by atoms with Crippen molar-refractivity contribution < 1.29 is 9.53 Å². The number of aryl methyl sites for hydroxylation is 1. The van der Waals surface area contributed by atoms with E-state index < -0.39 is 5.97 Å². The largest absolute Gasteiger partial charge is 0.454 e. The minimum atomic E-state index is -0.449. The van der Waals surface area contributed by atoms with Crippen LogP contribution in [-0.4, -0.2) is 45.1 Å². The SMILES string of the molecule is Cn1cc(C(=O)OC2CN(c3nc4c(Cl)cccc4s3)C2)nn1. The number of halogens is 1. The van der Waals surface area contributed by atoms with Crippen molar-refractivity contribution in [1.29, 1.82) is 0 Å². The molecule has 1 fully saturated rings. The van der Waals surface area contributed by atoms with E-state index in [9.17, 15) is 4.79 Å². The van der Waals surface area contributed by atoms with Crippen molar-refractivity contribution in [3.05, 3.63) is 35.1 Å². The van der Waals surface area contributed by atoms with E-state index in [1.807, 2.05) is 18.2 Å². The Morgan fingerprint density at radius 3 is 2.96 bits per heavy atom. The molecule has 2 aromatic heterocycles. The lowest BCUT2D eigenvalue weighted by atomic mass is 10.2. The number of hydrogen-bond acceptors (Lipinski definition) is 7. The van der Waals surface area contributed by atoms with Gasteiger partial charge in [0.05, 0.1) is 29.0 Å². The van der Waals surface area contributed by atoms with Gasteiger partial charge < -0.3 is 9.64 Å². The second-order valence-electron chi connectivity index (χ2n) is 5.29. The standard InChI is InChI=1S/C14H12ClN5O2S/c1-19-7-10(17-18-19)13(21)22-8-5-20(6-8)14-16-12-9(15)3-2-4-11(12)23-14/h2-4,7-8H,5-6H2,1H3. The van der Waals surface area contributed by atoms with Crippen LogP contribution in [0, 0.1) is 0 Å². The van der Waals surface area contributed by atoms with E-state index in [0.29, 0.717) is 18.1 Å². The van der Waals surface area contributed by atoms with Gasteiger partial charge in [-0.3, -0.25) is 4.68 Å². The molecule has 0 saturated carbocycles. The van der Waals surface area contributed by atoms with Crippen molar-refractivity contribution in [1.82, 2.24) is 20.0 Å². The van der Waals surface area contributed by atoms with Gasteiger partial charge in [0.1, 0.15) is 11.6 Å². The van der Waals surface area contributed by atoms with E-state index in [1.54, 1.807) is 18.4 Å². The van der Waals surface area contributed by atoms with Crippen LogP contribution in [0.15, 0.2) is 24.4 Å². The fraction of sp³-hybridized carbons (Fsp3) is 0.286. The molecule has 0 radical (unpaired) electrons. The predicted octanol–water partition coefficient (Wildman–Crippen LogP) is 2.12. The molecular weight excluding hydrogens is 338 g/mol. The third-order valence-corrected chi connectivity index (χ3v) is 4.95. The quantitative estimate of drug-likeness (QED) is 0.674. The van der Waals surface area contributed by atoms with Crippen LogP contribution >= 0.6 is 22.9 Å². The highest BCUT2D eigenvalue weighted by Gasteiger charge is 2.33. The third kappa shape index (κ3) is 2.64. The molecule has 0 atom stereocenters. The van der Waals surface area contributed by atoms with Crippen molar-refractivity contribution in [3.63, 3.8) is 0 Å². The molecule has 118 valence electrons. The molecular formula is C14H12ClN5O2S. The van der Waals surface area contributed by atoms with Crippen molar-refractivity contribution in [2.24, 2.45) is 7.05 Å². The smallest absolute Gasteiger partial charge is 0.360 e. The summed E-state index contributed by atoms with van der Waals surface area (Å²) in [7, 11) is 1.70. The van der Waals surface area contributed by atoms with E-state index in [4.69, 9.17) is 16.3 Å². The second-order valence-corrected chi connectivity index (χ2v) is 6.71. The lowest BCUT2D eigenvalue weighted by Gasteiger charge is -2.37. The summed E-state index contributed by atoms with van der Waals surface area (Å²) in [4.78, 5) is 18.5. The first-order valence-electron chi connectivity index (χ1n) is 6.97. The molecule has 0 bridgehead atoms. The average molecular weight is 350 g/mol. The summed E-state index contributed by atoms with van der Waals surface area (Å²) in [6, 6.07) is 5.73. The molecule has 1 aromatic carbocycles. The number of aromatic nitrogens is 4. The molecule has 0 unspecified atom stereocenters. The highest BCUT2D eigenvalue weighted by molar-refractivity contribution is 7.22. The summed E-state index contributed by atoms with van der Waals surface area (Å²) in [5, 5.41) is 9.00. The Morgan fingerprint density at radius 2 is 2.26 bits per heavy atom. The summed E-state index contributed by atoms with van der Waals surface area (Å²) >= 11 is 7.73. The number of benzene rings is 1. The number of anilines is 1. The van der Waals surface area contributed by atoms with Gasteiger partial charge in [-0.15, -0.1) is 5.10 Å². The highest BCUT2D eigenvalue weighted by atomic mass is 35.5. The molecule has 3 aromatic rings. The van der Waals surface area contributed by atoms with Gasteiger partial charge in [-0.25, -0.2) is 9.78 Å². The number of carbonyl (C=O) groups excluding carboxylic acids is 1. The average Bonchev–Trinajstić information content (AvgIpc) is 3.09. The van der Waals surface area contributed by atoms with Crippen molar-refractivity contribution in [3.8, 4) is 0 Å². The van der Waals surface area contributed by atoms with Gasteiger partial charge >= 0.3 is 5.97 Å². The van der Waals surface area contributed by atoms with Gasteiger partial charge in [0.25, 0.3) is 0 Å². The van der Waals surface area contributed by atoms with Gasteiger partial charge in [-0.1, -0.05) is 34.2 Å². The molecule has 0 N–H and O–H groups in total. The maximum atomic E-state index is 11.9. The summed E-state index contributed by atoms with van der Waals surface area (Å²) in [5.74, 6) is -0.449. The highest BCUT2D eigenvalue weighted by Crippen LogP contribution is 2.34. The Labute approximate surface area is 140 Å². The van der Waals surface area contributed by atoms with Gasteiger partial charge in [0, 0.05) is 7.05 Å². The number of esters is 1. The van der Waals surface area contributed by atoms with Crippen LogP contribution in [0.25, 0.3) is 10.2 Å². The number of fused-ring (bicyclic) bond motifs is 1. The van der Waals surface area contributed by atoms with Crippen molar-refractivity contribution >= 4 is 44.3 Å². The summed E-state index contributed by atoms with van der Waals surface area (Å²) in [6.45, 7) is 1.23. The fourth-order valence-electron chi connectivity index (χ4n) is 2.36. The number of para-hydroxylation sites is 1. The summed E-state index contributed by atoms with van der Waals surface area (Å²) < 4.78 is 7.91. The molecule has 3 heterocycles. The number of rotatable bonds is 3. The number of nitrogens with zero attached hydrogens (tertiary/aromatic N) is 5. The van der Waals surface area contributed by atoms with Crippen molar-refractivity contribution in [2.75, 3.05) is 18.0 Å². The first-order chi connectivity index (χ1) is 11.1. The normalized spacial score (nSPS) is 15.0. The maximum Gasteiger partial charge on any atom is 0.360 e. The third-order valence-electron chi connectivity index (χ3n) is 3.56. The minimum absolute atomic E-state index is 0.160. The van der Waals surface area contributed by atoms with Gasteiger partial charge in [-0.05, 0) is 12.1 Å².